The maximum absolute atomic E-state index is 13.1. The van der Waals surface area contributed by atoms with E-state index in [-0.39, 0.29) is 11.3 Å². The van der Waals surface area contributed by atoms with Gasteiger partial charge < -0.3 is 5.32 Å². The standard InChI is InChI=1S/C12H15F2NOS/c1-8-4-5-15-12(7-17(8)16)9-2-3-10(13)11(14)6-9/h2-3,6,8,12,15H,4-5,7H2,1H3. The number of halogens is 2. The zero-order chi connectivity index (χ0) is 12.4. The molecule has 0 bridgehead atoms. The van der Waals surface area contributed by atoms with E-state index < -0.39 is 22.4 Å². The minimum absolute atomic E-state index is 0.151. The van der Waals surface area contributed by atoms with Gasteiger partial charge in [-0.1, -0.05) is 13.0 Å². The van der Waals surface area contributed by atoms with Gasteiger partial charge in [0.2, 0.25) is 0 Å². The van der Waals surface area contributed by atoms with Gasteiger partial charge in [0.15, 0.2) is 11.6 Å². The van der Waals surface area contributed by atoms with Crippen molar-refractivity contribution in [3.05, 3.63) is 35.4 Å². The van der Waals surface area contributed by atoms with Crippen molar-refractivity contribution in [2.45, 2.75) is 24.6 Å². The minimum atomic E-state index is -0.924. The molecule has 1 aromatic carbocycles. The summed E-state index contributed by atoms with van der Waals surface area (Å²) in [6, 6.07) is 3.68. The maximum Gasteiger partial charge on any atom is 0.159 e. The third-order valence-electron chi connectivity index (χ3n) is 3.07. The Balaban J connectivity index is 2.21. The highest BCUT2D eigenvalue weighted by atomic mass is 32.2. The predicted octanol–water partition coefficient (Wildman–Crippen LogP) is 2.14. The van der Waals surface area contributed by atoms with Crippen molar-refractivity contribution in [3.63, 3.8) is 0 Å². The number of rotatable bonds is 1. The van der Waals surface area contributed by atoms with Crippen LogP contribution in [0.1, 0.15) is 24.9 Å². The van der Waals surface area contributed by atoms with E-state index in [1.54, 1.807) is 6.07 Å². The number of hydrogen-bond donors (Lipinski definition) is 1. The van der Waals surface area contributed by atoms with Crippen molar-refractivity contribution >= 4 is 10.8 Å². The van der Waals surface area contributed by atoms with Crippen LogP contribution in [0.5, 0.6) is 0 Å². The smallest absolute Gasteiger partial charge is 0.159 e. The Hall–Kier alpha value is -0.810. The quantitative estimate of drug-likeness (QED) is 0.837. The van der Waals surface area contributed by atoms with Crippen LogP contribution in [0.4, 0.5) is 8.78 Å². The summed E-state index contributed by atoms with van der Waals surface area (Å²) in [5.41, 5.74) is 0.659. The molecular formula is C12H15F2NOS. The lowest BCUT2D eigenvalue weighted by molar-refractivity contribution is 0.501. The molecule has 17 heavy (non-hydrogen) atoms. The van der Waals surface area contributed by atoms with E-state index in [0.29, 0.717) is 11.3 Å². The maximum atomic E-state index is 13.1. The highest BCUT2D eigenvalue weighted by Gasteiger charge is 2.23. The van der Waals surface area contributed by atoms with Gasteiger partial charge in [0.25, 0.3) is 0 Å². The van der Waals surface area contributed by atoms with Gasteiger partial charge in [0.05, 0.1) is 0 Å². The van der Waals surface area contributed by atoms with E-state index in [9.17, 15) is 13.0 Å². The molecule has 1 fully saturated rings. The van der Waals surface area contributed by atoms with Gasteiger partial charge in [-0.2, -0.15) is 0 Å². The second kappa shape index (κ2) is 5.23. The van der Waals surface area contributed by atoms with Crippen molar-refractivity contribution in [2.75, 3.05) is 12.3 Å². The van der Waals surface area contributed by atoms with E-state index >= 15 is 0 Å². The van der Waals surface area contributed by atoms with Gasteiger partial charge in [-0.3, -0.25) is 4.21 Å². The Kier molecular flexibility index (Phi) is 3.89. The van der Waals surface area contributed by atoms with Crippen LogP contribution >= 0.6 is 0 Å². The lowest BCUT2D eigenvalue weighted by Gasteiger charge is -2.15. The van der Waals surface area contributed by atoms with E-state index in [0.717, 1.165) is 19.0 Å². The van der Waals surface area contributed by atoms with Gasteiger partial charge in [0.1, 0.15) is 0 Å². The predicted molar refractivity (Wildman–Crippen MR) is 64.2 cm³/mol. The van der Waals surface area contributed by atoms with Crippen molar-refractivity contribution in [1.82, 2.24) is 5.32 Å². The fourth-order valence-electron chi connectivity index (χ4n) is 1.92. The van der Waals surface area contributed by atoms with Crippen LogP contribution in [-0.4, -0.2) is 21.8 Å². The molecule has 0 spiro atoms. The minimum Gasteiger partial charge on any atom is -0.309 e. The third-order valence-corrected chi connectivity index (χ3v) is 4.86. The number of hydrogen-bond acceptors (Lipinski definition) is 2. The molecule has 1 heterocycles. The number of benzene rings is 1. The molecule has 2 nitrogen and oxygen atoms in total. The second-order valence-electron chi connectivity index (χ2n) is 4.33. The van der Waals surface area contributed by atoms with E-state index in [2.05, 4.69) is 5.32 Å². The van der Waals surface area contributed by atoms with Gasteiger partial charge >= 0.3 is 0 Å². The molecule has 1 N–H and O–H groups in total. The molecule has 1 aromatic rings. The molecule has 1 saturated heterocycles. The van der Waals surface area contributed by atoms with Crippen molar-refractivity contribution in [1.29, 1.82) is 0 Å². The van der Waals surface area contributed by atoms with Crippen LogP contribution in [-0.2, 0) is 10.8 Å². The first-order valence-electron chi connectivity index (χ1n) is 5.63. The van der Waals surface area contributed by atoms with Gasteiger partial charge in [-0.15, -0.1) is 0 Å². The lowest BCUT2D eigenvalue weighted by atomic mass is 10.1. The zero-order valence-electron chi connectivity index (χ0n) is 9.58. The fourth-order valence-corrected chi connectivity index (χ4v) is 3.27. The molecule has 0 amide bonds. The Morgan fingerprint density at radius 1 is 1.35 bits per heavy atom. The highest BCUT2D eigenvalue weighted by Crippen LogP contribution is 2.21. The van der Waals surface area contributed by atoms with Gasteiger partial charge in [-0.05, 0) is 30.7 Å². The average molecular weight is 259 g/mol. The Labute approximate surface area is 102 Å². The summed E-state index contributed by atoms with van der Waals surface area (Å²) in [7, 11) is -0.924. The topological polar surface area (TPSA) is 29.1 Å². The molecule has 0 aromatic heterocycles. The first-order valence-corrected chi connectivity index (χ1v) is 7.01. The zero-order valence-corrected chi connectivity index (χ0v) is 10.4. The van der Waals surface area contributed by atoms with Crippen LogP contribution < -0.4 is 5.32 Å². The van der Waals surface area contributed by atoms with Crippen molar-refractivity contribution in [3.8, 4) is 0 Å². The molecule has 2 rings (SSSR count). The molecule has 0 saturated carbocycles. The lowest BCUT2D eigenvalue weighted by Crippen LogP contribution is -2.24. The van der Waals surface area contributed by atoms with Crippen LogP contribution in [0.3, 0.4) is 0 Å². The van der Waals surface area contributed by atoms with Gasteiger partial charge in [-0.25, -0.2) is 8.78 Å². The summed E-state index contributed by atoms with van der Waals surface area (Å²) in [6.07, 6.45) is 0.840. The molecule has 3 atom stereocenters. The normalized spacial score (nSPS) is 29.9. The van der Waals surface area contributed by atoms with Crippen LogP contribution in [0.15, 0.2) is 18.2 Å². The summed E-state index contributed by atoms with van der Waals surface area (Å²) in [5.74, 6) is -1.25. The third kappa shape index (κ3) is 2.90. The van der Waals surface area contributed by atoms with E-state index in [4.69, 9.17) is 0 Å². The van der Waals surface area contributed by atoms with E-state index in [1.807, 2.05) is 6.92 Å². The molecule has 5 heteroatoms. The molecule has 94 valence electrons. The summed E-state index contributed by atoms with van der Waals surface area (Å²) >= 11 is 0. The molecule has 3 unspecified atom stereocenters. The molecular weight excluding hydrogens is 244 g/mol. The molecule has 1 aliphatic heterocycles. The van der Waals surface area contributed by atoms with Crippen molar-refractivity contribution < 1.29 is 13.0 Å². The molecule has 1 aliphatic rings. The average Bonchev–Trinajstić information content (AvgIpc) is 2.46. The van der Waals surface area contributed by atoms with E-state index in [1.165, 1.54) is 6.07 Å². The monoisotopic (exact) mass is 259 g/mol. The summed E-state index contributed by atoms with van der Waals surface area (Å²) in [6.45, 7) is 2.70. The van der Waals surface area contributed by atoms with Gasteiger partial charge in [0, 0.05) is 27.8 Å². The second-order valence-corrected chi connectivity index (χ2v) is 6.23. The van der Waals surface area contributed by atoms with Crippen LogP contribution in [0.2, 0.25) is 0 Å². The molecule has 0 aliphatic carbocycles. The van der Waals surface area contributed by atoms with Crippen LogP contribution in [0, 0.1) is 11.6 Å². The first kappa shape index (κ1) is 12.6. The van der Waals surface area contributed by atoms with Crippen LogP contribution in [0.25, 0.3) is 0 Å². The largest absolute Gasteiger partial charge is 0.309 e. The summed E-state index contributed by atoms with van der Waals surface area (Å²) in [5, 5.41) is 3.37. The Morgan fingerprint density at radius 2 is 2.12 bits per heavy atom. The highest BCUT2D eigenvalue weighted by molar-refractivity contribution is 7.85. The Bertz CT molecular complexity index is 439. The number of nitrogens with one attached hydrogen (secondary N) is 1. The van der Waals surface area contributed by atoms with Crippen molar-refractivity contribution in [2.24, 2.45) is 0 Å². The fraction of sp³-hybridized carbons (Fsp3) is 0.500. The summed E-state index contributed by atoms with van der Waals surface area (Å²) < 4.78 is 37.8. The SMILES string of the molecule is CC1CCNC(c2ccc(F)c(F)c2)CS1=O. The Morgan fingerprint density at radius 3 is 2.82 bits per heavy atom. The first-order chi connectivity index (χ1) is 8.08. The molecule has 0 radical (unpaired) electrons. The summed E-state index contributed by atoms with van der Waals surface area (Å²) in [4.78, 5) is 0.